The summed E-state index contributed by atoms with van der Waals surface area (Å²) in [7, 11) is 0. The first-order chi connectivity index (χ1) is 13.1. The first-order valence-corrected chi connectivity index (χ1v) is 9.48. The highest BCUT2D eigenvalue weighted by molar-refractivity contribution is 5.72. The molecule has 0 fully saturated rings. The van der Waals surface area contributed by atoms with Gasteiger partial charge in [-0.1, -0.05) is 96.6 Å². The Hall–Kier alpha value is -2.93. The van der Waals surface area contributed by atoms with Crippen LogP contribution in [0.2, 0.25) is 0 Å². The van der Waals surface area contributed by atoms with Crippen LogP contribution in [0.1, 0.15) is 42.0 Å². The fourth-order valence-electron chi connectivity index (χ4n) is 3.56. The second-order valence-electron chi connectivity index (χ2n) is 7.16. The monoisotopic (exact) mass is 354 g/mol. The van der Waals surface area contributed by atoms with Gasteiger partial charge in [0.1, 0.15) is 5.78 Å². The maximum atomic E-state index is 9.44. The van der Waals surface area contributed by atoms with Crippen LogP contribution in [-0.4, -0.2) is 5.78 Å². The lowest BCUT2D eigenvalue weighted by Gasteiger charge is -2.17. The second-order valence-corrected chi connectivity index (χ2v) is 7.16. The van der Waals surface area contributed by atoms with E-state index in [9.17, 15) is 4.79 Å². The Morgan fingerprint density at radius 3 is 1.89 bits per heavy atom. The summed E-state index contributed by atoms with van der Waals surface area (Å²) in [6.45, 7) is 3.06. The highest BCUT2D eigenvalue weighted by Crippen LogP contribution is 2.39. The van der Waals surface area contributed by atoms with E-state index in [1.54, 1.807) is 0 Å². The molecule has 3 aromatic rings. The van der Waals surface area contributed by atoms with Gasteiger partial charge in [0.05, 0.1) is 0 Å². The van der Waals surface area contributed by atoms with E-state index in [1.807, 2.05) is 0 Å². The molecule has 1 aliphatic rings. The van der Waals surface area contributed by atoms with Gasteiger partial charge < -0.3 is 4.79 Å². The highest BCUT2D eigenvalue weighted by Gasteiger charge is 2.25. The first-order valence-electron chi connectivity index (χ1n) is 9.48. The highest BCUT2D eigenvalue weighted by atomic mass is 16.1. The number of fused-ring (bicyclic) bond motifs is 1. The summed E-state index contributed by atoms with van der Waals surface area (Å²) in [6.07, 6.45) is 4.51. The van der Waals surface area contributed by atoms with Gasteiger partial charge in [-0.05, 0) is 48.9 Å². The second kappa shape index (κ2) is 9.14. The SMILES string of the molecule is C1=C(Cc2ccccc2)C(Cc2ccccc2)c2ccccc21.CC(C)=O. The van der Waals surface area contributed by atoms with Crippen LogP contribution >= 0.6 is 0 Å². The third-order valence-electron chi connectivity index (χ3n) is 4.69. The zero-order valence-electron chi connectivity index (χ0n) is 16.1. The minimum absolute atomic E-state index is 0.167. The van der Waals surface area contributed by atoms with E-state index in [0.717, 1.165) is 12.8 Å². The Morgan fingerprint density at radius 1 is 0.741 bits per heavy atom. The van der Waals surface area contributed by atoms with Crippen molar-refractivity contribution in [2.45, 2.75) is 32.6 Å². The zero-order chi connectivity index (χ0) is 19.1. The average molecular weight is 354 g/mol. The van der Waals surface area contributed by atoms with Crippen molar-refractivity contribution in [1.29, 1.82) is 0 Å². The van der Waals surface area contributed by atoms with Crippen molar-refractivity contribution in [3.8, 4) is 0 Å². The fourth-order valence-corrected chi connectivity index (χ4v) is 3.56. The van der Waals surface area contributed by atoms with Gasteiger partial charge in [-0.25, -0.2) is 0 Å². The smallest absolute Gasteiger partial charge is 0.126 e. The molecule has 1 aliphatic carbocycles. The van der Waals surface area contributed by atoms with Crippen LogP contribution in [0.15, 0.2) is 90.5 Å². The Labute approximate surface area is 162 Å². The predicted molar refractivity (Wildman–Crippen MR) is 114 cm³/mol. The normalized spacial score (nSPS) is 14.6. The number of carbonyl (C=O) groups excluding carboxylic acids is 1. The van der Waals surface area contributed by atoms with Crippen molar-refractivity contribution in [3.05, 3.63) is 113 Å². The number of Topliss-reactive ketones (excluding diaryl/α,β-unsaturated/α-hetero) is 1. The predicted octanol–water partition coefficient (Wildman–Crippen LogP) is 6.25. The van der Waals surface area contributed by atoms with E-state index in [2.05, 4.69) is 91.0 Å². The minimum Gasteiger partial charge on any atom is -0.300 e. The summed E-state index contributed by atoms with van der Waals surface area (Å²) in [6, 6.07) is 30.5. The number of allylic oxidation sites excluding steroid dienone is 1. The summed E-state index contributed by atoms with van der Waals surface area (Å²) in [5.74, 6) is 0.661. The topological polar surface area (TPSA) is 17.1 Å². The summed E-state index contributed by atoms with van der Waals surface area (Å²) in [5.41, 5.74) is 7.20. The van der Waals surface area contributed by atoms with Gasteiger partial charge in [0, 0.05) is 5.92 Å². The number of benzene rings is 3. The molecular weight excluding hydrogens is 328 g/mol. The quantitative estimate of drug-likeness (QED) is 0.541. The molecule has 3 aromatic carbocycles. The molecule has 0 aliphatic heterocycles. The number of carbonyl (C=O) groups is 1. The standard InChI is InChI=1S/C23H20.C3H6O/c1-3-9-18(10-4-1)15-21-17-20-13-7-8-14-22(20)23(21)16-19-11-5-2-6-12-19;1-3(2)4/h1-14,17,23H,15-16H2;1-2H3. The van der Waals surface area contributed by atoms with Crippen molar-refractivity contribution in [1.82, 2.24) is 0 Å². The van der Waals surface area contributed by atoms with E-state index in [-0.39, 0.29) is 5.78 Å². The minimum atomic E-state index is 0.167. The molecule has 0 radical (unpaired) electrons. The summed E-state index contributed by atoms with van der Waals surface area (Å²) >= 11 is 0. The lowest BCUT2D eigenvalue weighted by atomic mass is 9.86. The molecule has 0 heterocycles. The molecule has 0 saturated heterocycles. The maximum Gasteiger partial charge on any atom is 0.126 e. The van der Waals surface area contributed by atoms with Crippen molar-refractivity contribution in [2.75, 3.05) is 0 Å². The van der Waals surface area contributed by atoms with Gasteiger partial charge in [0.15, 0.2) is 0 Å². The average Bonchev–Trinajstić information content (AvgIpc) is 3.00. The van der Waals surface area contributed by atoms with Crippen LogP contribution in [0, 0.1) is 0 Å². The van der Waals surface area contributed by atoms with Gasteiger partial charge >= 0.3 is 0 Å². The van der Waals surface area contributed by atoms with Crippen LogP contribution < -0.4 is 0 Å². The van der Waals surface area contributed by atoms with Gasteiger partial charge in [0.25, 0.3) is 0 Å². The molecule has 1 unspecified atom stereocenters. The number of rotatable bonds is 4. The van der Waals surface area contributed by atoms with Crippen molar-refractivity contribution < 1.29 is 4.79 Å². The van der Waals surface area contributed by atoms with Gasteiger partial charge in [-0.2, -0.15) is 0 Å². The van der Waals surface area contributed by atoms with E-state index in [0.29, 0.717) is 5.92 Å². The zero-order valence-corrected chi connectivity index (χ0v) is 16.1. The van der Waals surface area contributed by atoms with E-state index < -0.39 is 0 Å². The third kappa shape index (κ3) is 5.27. The molecule has 1 heteroatoms. The maximum absolute atomic E-state index is 9.44. The van der Waals surface area contributed by atoms with Crippen LogP contribution in [-0.2, 0) is 17.6 Å². The lowest BCUT2D eigenvalue weighted by Crippen LogP contribution is -2.05. The Kier molecular flexibility index (Phi) is 6.38. The van der Waals surface area contributed by atoms with Crippen LogP contribution in [0.5, 0.6) is 0 Å². The number of hydrogen-bond acceptors (Lipinski definition) is 1. The summed E-state index contributed by atoms with van der Waals surface area (Å²) in [5, 5.41) is 0. The van der Waals surface area contributed by atoms with Crippen LogP contribution in [0.3, 0.4) is 0 Å². The van der Waals surface area contributed by atoms with Crippen molar-refractivity contribution in [3.63, 3.8) is 0 Å². The fraction of sp³-hybridized carbons (Fsp3) is 0.192. The van der Waals surface area contributed by atoms with Crippen molar-refractivity contribution in [2.24, 2.45) is 0 Å². The van der Waals surface area contributed by atoms with Crippen LogP contribution in [0.25, 0.3) is 6.08 Å². The van der Waals surface area contributed by atoms with Gasteiger partial charge in [-0.3, -0.25) is 0 Å². The molecule has 136 valence electrons. The summed E-state index contributed by atoms with van der Waals surface area (Å²) in [4.78, 5) is 9.44. The Balaban J connectivity index is 0.000000481. The third-order valence-corrected chi connectivity index (χ3v) is 4.69. The number of ketones is 1. The first kappa shape index (κ1) is 18.8. The molecule has 0 N–H and O–H groups in total. The Morgan fingerprint density at radius 2 is 1.26 bits per heavy atom. The summed E-state index contributed by atoms with van der Waals surface area (Å²) < 4.78 is 0. The molecule has 0 bridgehead atoms. The molecule has 0 aromatic heterocycles. The molecule has 1 nitrogen and oxygen atoms in total. The van der Waals surface area contributed by atoms with Crippen LogP contribution in [0.4, 0.5) is 0 Å². The Bertz CT molecular complexity index is 903. The van der Waals surface area contributed by atoms with E-state index in [4.69, 9.17) is 0 Å². The molecule has 4 rings (SSSR count). The molecule has 0 amide bonds. The van der Waals surface area contributed by atoms with Gasteiger partial charge in [0.2, 0.25) is 0 Å². The van der Waals surface area contributed by atoms with E-state index in [1.165, 1.54) is 41.7 Å². The lowest BCUT2D eigenvalue weighted by molar-refractivity contribution is -0.114. The molecule has 0 spiro atoms. The van der Waals surface area contributed by atoms with Gasteiger partial charge in [-0.15, -0.1) is 0 Å². The van der Waals surface area contributed by atoms with Crippen molar-refractivity contribution >= 4 is 11.9 Å². The molecular formula is C26H26O. The molecule has 0 saturated carbocycles. The largest absolute Gasteiger partial charge is 0.300 e. The molecule has 27 heavy (non-hydrogen) atoms. The molecule has 1 atom stereocenters. The number of hydrogen-bond donors (Lipinski definition) is 0. The van der Waals surface area contributed by atoms with E-state index >= 15 is 0 Å².